The molecule has 2 aromatic rings. The molecule has 110 valence electrons. The number of likely N-dealkylation sites (tertiary alicyclic amines) is 1. The number of carboxylic acid groups (broad SMARTS) is 1. The molecule has 1 saturated heterocycles. The van der Waals surface area contributed by atoms with Crippen molar-refractivity contribution in [3.63, 3.8) is 0 Å². The number of aromatic nitrogens is 3. The Morgan fingerprint density at radius 3 is 2.86 bits per heavy atom. The summed E-state index contributed by atoms with van der Waals surface area (Å²) in [4.78, 5) is 21.6. The van der Waals surface area contributed by atoms with Crippen molar-refractivity contribution in [2.45, 2.75) is 19.4 Å². The molecule has 7 nitrogen and oxygen atoms in total. The number of aliphatic carboxylic acids is 1. The molecule has 1 N–H and O–H groups in total. The van der Waals surface area contributed by atoms with Crippen LogP contribution in [0.4, 0.5) is 0 Å². The standard InChI is InChI=1S/C14H16N4O3/c19-14(20)10-4-7-18(8-5-10)9-12-16-13(17-21-12)11-3-1-2-6-15-11/h1-3,6,10H,4-5,7-9H2,(H,19,20). The Hall–Kier alpha value is -2.28. The molecule has 1 fully saturated rings. The molecule has 2 aromatic heterocycles. The summed E-state index contributed by atoms with van der Waals surface area (Å²) in [7, 11) is 0. The van der Waals surface area contributed by atoms with E-state index < -0.39 is 5.97 Å². The first-order valence-electron chi connectivity index (χ1n) is 6.91. The highest BCUT2D eigenvalue weighted by atomic mass is 16.5. The second-order valence-corrected chi connectivity index (χ2v) is 5.12. The maximum Gasteiger partial charge on any atom is 0.306 e. The normalized spacial score (nSPS) is 17.0. The predicted octanol–water partition coefficient (Wildman–Crippen LogP) is 1.43. The lowest BCUT2D eigenvalue weighted by Crippen LogP contribution is -2.35. The van der Waals surface area contributed by atoms with E-state index in [2.05, 4.69) is 20.0 Å². The highest BCUT2D eigenvalue weighted by molar-refractivity contribution is 5.70. The van der Waals surface area contributed by atoms with Gasteiger partial charge in [-0.05, 0) is 38.1 Å². The van der Waals surface area contributed by atoms with Crippen LogP contribution in [0.25, 0.3) is 11.5 Å². The van der Waals surface area contributed by atoms with Crippen molar-refractivity contribution in [1.29, 1.82) is 0 Å². The Bertz CT molecular complexity index is 606. The number of carbonyl (C=O) groups is 1. The first-order chi connectivity index (χ1) is 10.2. The van der Waals surface area contributed by atoms with Crippen molar-refractivity contribution in [1.82, 2.24) is 20.0 Å². The first-order valence-corrected chi connectivity index (χ1v) is 6.91. The molecule has 0 bridgehead atoms. The van der Waals surface area contributed by atoms with Gasteiger partial charge >= 0.3 is 5.97 Å². The Morgan fingerprint density at radius 1 is 1.38 bits per heavy atom. The molecule has 0 atom stereocenters. The third-order valence-corrected chi connectivity index (χ3v) is 3.66. The number of pyridine rings is 1. The van der Waals surface area contributed by atoms with Gasteiger partial charge in [-0.15, -0.1) is 0 Å². The minimum absolute atomic E-state index is 0.229. The van der Waals surface area contributed by atoms with Crippen LogP contribution in [0.1, 0.15) is 18.7 Å². The maximum atomic E-state index is 10.9. The number of hydrogen-bond acceptors (Lipinski definition) is 6. The largest absolute Gasteiger partial charge is 0.481 e. The minimum Gasteiger partial charge on any atom is -0.481 e. The highest BCUT2D eigenvalue weighted by Crippen LogP contribution is 2.19. The fourth-order valence-corrected chi connectivity index (χ4v) is 2.45. The van der Waals surface area contributed by atoms with Crippen LogP contribution in [0.15, 0.2) is 28.9 Å². The second-order valence-electron chi connectivity index (χ2n) is 5.12. The van der Waals surface area contributed by atoms with Gasteiger partial charge in [0.2, 0.25) is 11.7 Å². The van der Waals surface area contributed by atoms with Gasteiger partial charge in [-0.25, -0.2) is 0 Å². The summed E-state index contributed by atoms with van der Waals surface area (Å²) in [5.41, 5.74) is 0.678. The topological polar surface area (TPSA) is 92.3 Å². The lowest BCUT2D eigenvalue weighted by molar-refractivity contribution is -0.143. The van der Waals surface area contributed by atoms with E-state index in [-0.39, 0.29) is 5.92 Å². The van der Waals surface area contributed by atoms with Crippen molar-refractivity contribution >= 4 is 5.97 Å². The average Bonchev–Trinajstić information content (AvgIpc) is 2.97. The molecular formula is C14H16N4O3. The zero-order chi connectivity index (χ0) is 14.7. The summed E-state index contributed by atoms with van der Waals surface area (Å²) in [6.07, 6.45) is 3.01. The van der Waals surface area contributed by atoms with Gasteiger partial charge in [0, 0.05) is 6.20 Å². The molecule has 1 aliphatic rings. The Morgan fingerprint density at radius 2 is 2.19 bits per heavy atom. The number of nitrogens with zero attached hydrogens (tertiary/aromatic N) is 4. The van der Waals surface area contributed by atoms with Crippen LogP contribution in [-0.4, -0.2) is 44.2 Å². The van der Waals surface area contributed by atoms with Crippen LogP contribution < -0.4 is 0 Å². The van der Waals surface area contributed by atoms with E-state index in [1.165, 1.54) is 0 Å². The predicted molar refractivity (Wildman–Crippen MR) is 73.2 cm³/mol. The molecular weight excluding hydrogens is 272 g/mol. The van der Waals surface area contributed by atoms with Gasteiger partial charge in [-0.3, -0.25) is 14.7 Å². The smallest absolute Gasteiger partial charge is 0.306 e. The van der Waals surface area contributed by atoms with Crippen molar-refractivity contribution < 1.29 is 14.4 Å². The van der Waals surface area contributed by atoms with Gasteiger partial charge in [0.25, 0.3) is 0 Å². The quantitative estimate of drug-likeness (QED) is 0.909. The summed E-state index contributed by atoms with van der Waals surface area (Å²) < 4.78 is 5.24. The van der Waals surface area contributed by atoms with Crippen LogP contribution in [0.2, 0.25) is 0 Å². The molecule has 1 aliphatic heterocycles. The van der Waals surface area contributed by atoms with E-state index in [9.17, 15) is 4.79 Å². The van der Waals surface area contributed by atoms with E-state index >= 15 is 0 Å². The molecule has 0 aliphatic carbocycles. The number of piperidine rings is 1. The zero-order valence-electron chi connectivity index (χ0n) is 11.5. The molecule has 0 saturated carbocycles. The minimum atomic E-state index is -0.704. The van der Waals surface area contributed by atoms with Gasteiger partial charge in [-0.1, -0.05) is 11.2 Å². The molecule has 0 unspecified atom stereocenters. The average molecular weight is 288 g/mol. The van der Waals surface area contributed by atoms with Crippen molar-refractivity contribution in [3.05, 3.63) is 30.3 Å². The fourth-order valence-electron chi connectivity index (χ4n) is 2.45. The molecule has 0 radical (unpaired) electrons. The zero-order valence-corrected chi connectivity index (χ0v) is 11.5. The van der Waals surface area contributed by atoms with E-state index in [4.69, 9.17) is 9.63 Å². The van der Waals surface area contributed by atoms with Gasteiger partial charge in [0.05, 0.1) is 12.5 Å². The third kappa shape index (κ3) is 3.25. The number of carboxylic acids is 1. The Labute approximate surface area is 121 Å². The highest BCUT2D eigenvalue weighted by Gasteiger charge is 2.25. The van der Waals surface area contributed by atoms with Crippen LogP contribution >= 0.6 is 0 Å². The van der Waals surface area contributed by atoms with Gasteiger partial charge in [0.1, 0.15) is 5.69 Å². The molecule has 0 spiro atoms. The third-order valence-electron chi connectivity index (χ3n) is 3.66. The van der Waals surface area contributed by atoms with Crippen molar-refractivity contribution in [2.24, 2.45) is 5.92 Å². The molecule has 21 heavy (non-hydrogen) atoms. The number of rotatable bonds is 4. The van der Waals surface area contributed by atoms with E-state index in [0.29, 0.717) is 36.8 Å². The van der Waals surface area contributed by atoms with Gasteiger partial charge < -0.3 is 9.63 Å². The van der Waals surface area contributed by atoms with Crippen LogP contribution in [-0.2, 0) is 11.3 Å². The molecule has 0 amide bonds. The van der Waals surface area contributed by atoms with Crippen LogP contribution in [0.3, 0.4) is 0 Å². The molecule has 3 heterocycles. The van der Waals surface area contributed by atoms with Crippen molar-refractivity contribution in [2.75, 3.05) is 13.1 Å². The first kappa shape index (κ1) is 13.7. The summed E-state index contributed by atoms with van der Waals surface area (Å²) in [6.45, 7) is 2.02. The van der Waals surface area contributed by atoms with E-state index in [1.54, 1.807) is 6.20 Å². The van der Waals surface area contributed by atoms with Gasteiger partial charge in [0.15, 0.2) is 0 Å². The van der Waals surface area contributed by atoms with Crippen LogP contribution in [0, 0.1) is 5.92 Å². The molecule has 7 heteroatoms. The Balaban J connectivity index is 1.60. The summed E-state index contributed by atoms with van der Waals surface area (Å²) in [6, 6.07) is 5.53. The number of hydrogen-bond donors (Lipinski definition) is 1. The summed E-state index contributed by atoms with van der Waals surface area (Å²) >= 11 is 0. The molecule has 0 aromatic carbocycles. The summed E-state index contributed by atoms with van der Waals surface area (Å²) in [5, 5.41) is 12.9. The van der Waals surface area contributed by atoms with Crippen LogP contribution in [0.5, 0.6) is 0 Å². The lowest BCUT2D eigenvalue weighted by Gasteiger charge is -2.28. The van der Waals surface area contributed by atoms with E-state index in [0.717, 1.165) is 13.1 Å². The van der Waals surface area contributed by atoms with Crippen molar-refractivity contribution in [3.8, 4) is 11.5 Å². The Kier molecular flexibility index (Phi) is 3.92. The molecule has 3 rings (SSSR count). The van der Waals surface area contributed by atoms with Gasteiger partial charge in [-0.2, -0.15) is 4.98 Å². The van der Waals surface area contributed by atoms with E-state index in [1.807, 2.05) is 18.2 Å². The fraction of sp³-hybridized carbons (Fsp3) is 0.429. The monoisotopic (exact) mass is 288 g/mol. The SMILES string of the molecule is O=C(O)C1CCN(Cc2nc(-c3ccccn3)no2)CC1. The second kappa shape index (κ2) is 6.01. The summed E-state index contributed by atoms with van der Waals surface area (Å²) in [5.74, 6) is 0.0772. The lowest BCUT2D eigenvalue weighted by atomic mass is 9.97. The maximum absolute atomic E-state index is 10.9.